The number of rotatable bonds is 2. The Bertz CT molecular complexity index is 429. The lowest BCUT2D eigenvalue weighted by atomic mass is 9.74. The third-order valence-corrected chi connectivity index (χ3v) is 3.29. The van der Waals surface area contributed by atoms with E-state index in [9.17, 15) is 8.78 Å². The maximum absolute atomic E-state index is 13.8. The lowest BCUT2D eigenvalue weighted by Gasteiger charge is -2.34. The summed E-state index contributed by atoms with van der Waals surface area (Å²) in [7, 11) is 0. The van der Waals surface area contributed by atoms with E-state index in [4.69, 9.17) is 5.21 Å². The number of hydrogen-bond acceptors (Lipinski definition) is 3. The second-order valence-electron chi connectivity index (χ2n) is 4.25. The molecule has 0 radical (unpaired) electrons. The normalized spacial score (nSPS) is 19.6. The molecular formula is C12H14F2N2O. The van der Waals surface area contributed by atoms with Gasteiger partial charge in [-0.2, -0.15) is 0 Å². The Kier molecular flexibility index (Phi) is 3.38. The minimum Gasteiger partial charge on any atom is -0.411 e. The van der Waals surface area contributed by atoms with E-state index >= 15 is 0 Å². The maximum Gasteiger partial charge on any atom is 0.162 e. The van der Waals surface area contributed by atoms with E-state index in [0.717, 1.165) is 6.07 Å². The van der Waals surface area contributed by atoms with Crippen LogP contribution in [-0.2, 0) is 5.41 Å². The number of nitrogens with one attached hydrogen (secondary N) is 1. The molecule has 0 atom stereocenters. The van der Waals surface area contributed by atoms with E-state index in [1.165, 1.54) is 12.3 Å². The summed E-state index contributed by atoms with van der Waals surface area (Å²) in [5.41, 5.74) is -0.455. The van der Waals surface area contributed by atoms with Crippen LogP contribution in [0.25, 0.3) is 0 Å². The standard InChI is InChI=1S/C12H14F2N2O/c13-10-3-1-2-9(11(10)14)12(8-16-17)4-6-15-7-5-12/h1-3,8,15,17H,4-7H2. The highest BCUT2D eigenvalue weighted by atomic mass is 19.2. The molecule has 17 heavy (non-hydrogen) atoms. The minimum atomic E-state index is -0.869. The monoisotopic (exact) mass is 240 g/mol. The molecule has 1 heterocycles. The molecule has 0 amide bonds. The summed E-state index contributed by atoms with van der Waals surface area (Å²) >= 11 is 0. The quantitative estimate of drug-likeness (QED) is 0.472. The summed E-state index contributed by atoms with van der Waals surface area (Å²) in [6, 6.07) is 4.11. The fraction of sp³-hybridized carbons (Fsp3) is 0.417. The number of hydrogen-bond donors (Lipinski definition) is 2. The van der Waals surface area contributed by atoms with Gasteiger partial charge in [0.25, 0.3) is 0 Å². The zero-order valence-corrected chi connectivity index (χ0v) is 9.29. The highest BCUT2D eigenvalue weighted by molar-refractivity contribution is 5.73. The molecule has 0 unspecified atom stereocenters. The highest BCUT2D eigenvalue weighted by Crippen LogP contribution is 2.34. The molecule has 0 spiro atoms. The molecule has 2 N–H and O–H groups in total. The molecule has 3 nitrogen and oxygen atoms in total. The fourth-order valence-corrected chi connectivity index (χ4v) is 2.34. The number of nitrogens with zero attached hydrogens (tertiary/aromatic N) is 1. The maximum atomic E-state index is 13.8. The first-order valence-electron chi connectivity index (χ1n) is 5.53. The SMILES string of the molecule is ON=CC1(c2cccc(F)c2F)CCNCC1. The van der Waals surface area contributed by atoms with Crippen LogP contribution in [0.4, 0.5) is 8.78 Å². The summed E-state index contributed by atoms with van der Waals surface area (Å²) in [5.74, 6) is -1.72. The molecule has 1 saturated heterocycles. The van der Waals surface area contributed by atoms with E-state index < -0.39 is 17.0 Å². The molecule has 0 aliphatic carbocycles. The molecule has 0 aromatic heterocycles. The number of piperidine rings is 1. The Morgan fingerprint density at radius 2 is 2.00 bits per heavy atom. The largest absolute Gasteiger partial charge is 0.411 e. The van der Waals surface area contributed by atoms with Crippen LogP contribution in [0.5, 0.6) is 0 Å². The summed E-state index contributed by atoms with van der Waals surface area (Å²) in [4.78, 5) is 0. The van der Waals surface area contributed by atoms with Crippen LogP contribution in [0.2, 0.25) is 0 Å². The van der Waals surface area contributed by atoms with Gasteiger partial charge in [-0.25, -0.2) is 8.78 Å². The van der Waals surface area contributed by atoms with Crippen LogP contribution in [0.1, 0.15) is 18.4 Å². The van der Waals surface area contributed by atoms with Crippen LogP contribution in [0, 0.1) is 11.6 Å². The van der Waals surface area contributed by atoms with Gasteiger partial charge >= 0.3 is 0 Å². The summed E-state index contributed by atoms with van der Waals surface area (Å²) in [6.07, 6.45) is 2.47. The van der Waals surface area contributed by atoms with Gasteiger partial charge < -0.3 is 10.5 Å². The fourth-order valence-electron chi connectivity index (χ4n) is 2.34. The zero-order chi connectivity index (χ0) is 12.3. The van der Waals surface area contributed by atoms with Crippen molar-refractivity contribution in [2.45, 2.75) is 18.3 Å². The van der Waals surface area contributed by atoms with Crippen molar-refractivity contribution >= 4 is 6.21 Å². The molecular weight excluding hydrogens is 226 g/mol. The summed E-state index contributed by atoms with van der Waals surface area (Å²) in [5, 5.41) is 14.9. The molecule has 5 heteroatoms. The average molecular weight is 240 g/mol. The number of benzene rings is 1. The van der Waals surface area contributed by atoms with E-state index in [1.807, 2.05) is 0 Å². The third kappa shape index (κ3) is 2.15. The molecule has 92 valence electrons. The van der Waals surface area contributed by atoms with Crippen molar-refractivity contribution in [1.29, 1.82) is 0 Å². The highest BCUT2D eigenvalue weighted by Gasteiger charge is 2.35. The molecule has 1 aliphatic heterocycles. The van der Waals surface area contributed by atoms with Crippen molar-refractivity contribution in [1.82, 2.24) is 5.32 Å². The number of halogens is 2. The molecule has 1 aromatic rings. The Labute approximate surface area is 98.1 Å². The van der Waals surface area contributed by atoms with Gasteiger partial charge in [-0.05, 0) is 32.0 Å². The van der Waals surface area contributed by atoms with Crippen molar-refractivity contribution < 1.29 is 14.0 Å². The van der Waals surface area contributed by atoms with Gasteiger partial charge in [0.05, 0.1) is 6.21 Å². The Morgan fingerprint density at radius 3 is 2.65 bits per heavy atom. The van der Waals surface area contributed by atoms with Gasteiger partial charge in [0.2, 0.25) is 0 Å². The second-order valence-corrected chi connectivity index (χ2v) is 4.25. The van der Waals surface area contributed by atoms with Crippen molar-refractivity contribution in [2.24, 2.45) is 5.16 Å². The van der Waals surface area contributed by atoms with Gasteiger partial charge in [-0.15, -0.1) is 5.16 Å². The third-order valence-electron chi connectivity index (χ3n) is 3.29. The van der Waals surface area contributed by atoms with E-state index in [1.54, 1.807) is 6.07 Å². The molecule has 0 bridgehead atoms. The van der Waals surface area contributed by atoms with Gasteiger partial charge in [-0.3, -0.25) is 0 Å². The molecule has 2 rings (SSSR count). The van der Waals surface area contributed by atoms with Crippen molar-refractivity contribution in [3.63, 3.8) is 0 Å². The molecule has 1 fully saturated rings. The lowest BCUT2D eigenvalue weighted by Crippen LogP contribution is -2.41. The van der Waals surface area contributed by atoms with E-state index in [0.29, 0.717) is 25.9 Å². The van der Waals surface area contributed by atoms with Gasteiger partial charge in [0.1, 0.15) is 0 Å². The van der Waals surface area contributed by atoms with Crippen LogP contribution < -0.4 is 5.32 Å². The van der Waals surface area contributed by atoms with Crippen molar-refractivity contribution in [3.8, 4) is 0 Å². The van der Waals surface area contributed by atoms with Crippen molar-refractivity contribution in [2.75, 3.05) is 13.1 Å². The van der Waals surface area contributed by atoms with Crippen molar-refractivity contribution in [3.05, 3.63) is 35.4 Å². The van der Waals surface area contributed by atoms with Crippen LogP contribution in [0.15, 0.2) is 23.4 Å². The van der Waals surface area contributed by atoms with Gasteiger partial charge in [-0.1, -0.05) is 12.1 Å². The first-order chi connectivity index (χ1) is 8.19. The van der Waals surface area contributed by atoms with E-state index in [-0.39, 0.29) is 5.56 Å². The second kappa shape index (κ2) is 4.79. The first kappa shape index (κ1) is 12.0. The minimum absolute atomic E-state index is 0.261. The number of oxime groups is 1. The van der Waals surface area contributed by atoms with Gasteiger partial charge in [0, 0.05) is 11.0 Å². The Hall–Kier alpha value is -1.49. The topological polar surface area (TPSA) is 44.6 Å². The van der Waals surface area contributed by atoms with Crippen LogP contribution >= 0.6 is 0 Å². The Morgan fingerprint density at radius 1 is 1.29 bits per heavy atom. The first-order valence-corrected chi connectivity index (χ1v) is 5.53. The lowest BCUT2D eigenvalue weighted by molar-refractivity contribution is 0.307. The summed E-state index contributed by atoms with van der Waals surface area (Å²) in [6.45, 7) is 1.37. The molecule has 0 saturated carbocycles. The molecule has 1 aliphatic rings. The van der Waals surface area contributed by atoms with Gasteiger partial charge in [0.15, 0.2) is 11.6 Å². The predicted octanol–water partition coefficient (Wildman–Crippen LogP) is 2.05. The zero-order valence-electron chi connectivity index (χ0n) is 9.29. The van der Waals surface area contributed by atoms with E-state index in [2.05, 4.69) is 10.5 Å². The van der Waals surface area contributed by atoms with Crippen LogP contribution in [0.3, 0.4) is 0 Å². The Balaban J connectivity index is 2.48. The molecule has 1 aromatic carbocycles. The average Bonchev–Trinajstić information content (AvgIpc) is 2.34. The predicted molar refractivity (Wildman–Crippen MR) is 60.4 cm³/mol. The summed E-state index contributed by atoms with van der Waals surface area (Å²) < 4.78 is 27.1. The van der Waals surface area contributed by atoms with Crippen LogP contribution in [-0.4, -0.2) is 24.5 Å². The smallest absolute Gasteiger partial charge is 0.162 e.